The Kier molecular flexibility index (Phi) is 4.53. The first-order valence-corrected chi connectivity index (χ1v) is 8.96. The maximum atomic E-state index is 13.0. The van der Waals surface area contributed by atoms with Crippen LogP contribution in [0.15, 0.2) is 72.8 Å². The van der Waals surface area contributed by atoms with E-state index in [1.54, 1.807) is 11.0 Å². The Morgan fingerprint density at radius 2 is 1.70 bits per heavy atom. The van der Waals surface area contributed by atoms with Gasteiger partial charge in [0, 0.05) is 22.7 Å². The summed E-state index contributed by atoms with van der Waals surface area (Å²) in [6, 6.07) is 24.5. The summed E-state index contributed by atoms with van der Waals surface area (Å²) in [4.78, 5) is 14.8. The third-order valence-corrected chi connectivity index (χ3v) is 5.07. The number of fused-ring (bicyclic) bond motifs is 1. The van der Waals surface area contributed by atoms with Crippen molar-refractivity contribution in [2.75, 3.05) is 5.32 Å². The van der Waals surface area contributed by atoms with Gasteiger partial charge in [0.15, 0.2) is 0 Å². The average molecular weight is 374 g/mol. The van der Waals surface area contributed by atoms with Gasteiger partial charge >= 0.3 is 0 Å². The molecule has 0 fully saturated rings. The molecule has 132 valence electrons. The first-order valence-electron chi connectivity index (χ1n) is 8.58. The molecule has 0 aliphatic carbocycles. The van der Waals surface area contributed by atoms with Crippen LogP contribution >= 0.6 is 11.6 Å². The van der Waals surface area contributed by atoms with E-state index < -0.39 is 0 Å². The molecular weight excluding hydrogens is 358 g/mol. The highest BCUT2D eigenvalue weighted by Crippen LogP contribution is 2.36. The van der Waals surface area contributed by atoms with Gasteiger partial charge in [-0.15, -0.1) is 0 Å². The van der Waals surface area contributed by atoms with E-state index in [1.165, 1.54) is 0 Å². The number of amides is 1. The first kappa shape index (κ1) is 17.1. The van der Waals surface area contributed by atoms with Gasteiger partial charge in [0.05, 0.1) is 11.3 Å². The molecule has 0 radical (unpaired) electrons. The molecule has 4 nitrogen and oxygen atoms in total. The molecule has 27 heavy (non-hydrogen) atoms. The standard InChI is InChI=1S/C22H16ClN3O/c23-19-11-5-1-8-16(19)14-26-21(17-9-3-4-10-18(17)22(26)27)25-20-12-6-2-7-15(20)13-24/h1-12,21,25H,14H2/t21-/m1/s1. The fraction of sp³-hybridized carbons (Fsp3) is 0.0909. The molecule has 1 heterocycles. The minimum absolute atomic E-state index is 0.0579. The van der Waals surface area contributed by atoms with Gasteiger partial charge in [-0.2, -0.15) is 5.26 Å². The normalized spacial score (nSPS) is 15.3. The minimum Gasteiger partial charge on any atom is -0.360 e. The Bertz CT molecular complexity index is 1060. The summed E-state index contributed by atoms with van der Waals surface area (Å²) in [5, 5.41) is 13.4. The van der Waals surface area contributed by atoms with E-state index in [4.69, 9.17) is 11.6 Å². The minimum atomic E-state index is -0.375. The third kappa shape index (κ3) is 3.14. The van der Waals surface area contributed by atoms with Crippen LogP contribution in [0.5, 0.6) is 0 Å². The molecule has 0 spiro atoms. The third-order valence-electron chi connectivity index (χ3n) is 4.70. The molecule has 0 aromatic heterocycles. The number of para-hydroxylation sites is 1. The monoisotopic (exact) mass is 373 g/mol. The number of nitrogens with one attached hydrogen (secondary N) is 1. The van der Waals surface area contributed by atoms with Gasteiger partial charge in [-0.3, -0.25) is 4.79 Å². The molecule has 1 aliphatic rings. The number of carbonyl (C=O) groups is 1. The average Bonchev–Trinajstić information content (AvgIpc) is 2.96. The van der Waals surface area contributed by atoms with Crippen molar-refractivity contribution in [2.24, 2.45) is 0 Å². The second-order valence-corrected chi connectivity index (χ2v) is 6.72. The lowest BCUT2D eigenvalue weighted by Gasteiger charge is -2.28. The van der Waals surface area contributed by atoms with Crippen LogP contribution in [0.2, 0.25) is 5.02 Å². The summed E-state index contributed by atoms with van der Waals surface area (Å²) in [5.41, 5.74) is 3.66. The SMILES string of the molecule is N#Cc1ccccc1N[C@H]1c2ccccc2C(=O)N1Cc1ccccc1Cl. The number of benzene rings is 3. The highest BCUT2D eigenvalue weighted by molar-refractivity contribution is 6.31. The second-order valence-electron chi connectivity index (χ2n) is 6.32. The van der Waals surface area contributed by atoms with Crippen LogP contribution in [0.4, 0.5) is 5.69 Å². The van der Waals surface area contributed by atoms with Crippen LogP contribution in [0, 0.1) is 11.3 Å². The summed E-state index contributed by atoms with van der Waals surface area (Å²) in [6.45, 7) is 0.375. The molecule has 3 aromatic rings. The van der Waals surface area contributed by atoms with E-state index in [1.807, 2.05) is 66.7 Å². The molecule has 1 atom stereocenters. The number of nitrogens with zero attached hydrogens (tertiary/aromatic N) is 2. The van der Waals surface area contributed by atoms with Crippen molar-refractivity contribution in [3.63, 3.8) is 0 Å². The predicted molar refractivity (Wildman–Crippen MR) is 105 cm³/mol. The van der Waals surface area contributed by atoms with Gasteiger partial charge in [0.25, 0.3) is 5.91 Å². The Morgan fingerprint density at radius 1 is 1.00 bits per heavy atom. The zero-order chi connectivity index (χ0) is 18.8. The number of rotatable bonds is 4. The molecule has 0 bridgehead atoms. The highest BCUT2D eigenvalue weighted by atomic mass is 35.5. The summed E-state index contributed by atoms with van der Waals surface area (Å²) in [7, 11) is 0. The Balaban J connectivity index is 1.74. The quantitative estimate of drug-likeness (QED) is 0.701. The van der Waals surface area contributed by atoms with Crippen molar-refractivity contribution >= 4 is 23.2 Å². The number of nitriles is 1. The lowest BCUT2D eigenvalue weighted by atomic mass is 10.1. The lowest BCUT2D eigenvalue weighted by molar-refractivity contribution is 0.0729. The summed E-state index contributed by atoms with van der Waals surface area (Å²) in [6.07, 6.45) is -0.375. The van der Waals surface area contributed by atoms with Gasteiger partial charge in [-0.25, -0.2) is 0 Å². The topological polar surface area (TPSA) is 56.1 Å². The molecule has 1 N–H and O–H groups in total. The zero-order valence-electron chi connectivity index (χ0n) is 14.4. The number of halogens is 1. The molecule has 5 heteroatoms. The van der Waals surface area contributed by atoms with Gasteiger partial charge in [0.1, 0.15) is 12.2 Å². The number of hydrogen-bond acceptors (Lipinski definition) is 3. The fourth-order valence-electron chi connectivity index (χ4n) is 3.35. The van der Waals surface area contributed by atoms with Crippen LogP contribution in [-0.2, 0) is 6.54 Å². The smallest absolute Gasteiger partial charge is 0.256 e. The molecule has 0 saturated heterocycles. The molecule has 0 unspecified atom stereocenters. The maximum Gasteiger partial charge on any atom is 0.256 e. The van der Waals surface area contributed by atoms with Crippen LogP contribution in [0.1, 0.15) is 33.2 Å². The highest BCUT2D eigenvalue weighted by Gasteiger charge is 2.36. The van der Waals surface area contributed by atoms with E-state index in [2.05, 4.69) is 11.4 Å². The number of hydrogen-bond donors (Lipinski definition) is 1. The summed E-state index contributed by atoms with van der Waals surface area (Å²) in [5.74, 6) is -0.0579. The lowest BCUT2D eigenvalue weighted by Crippen LogP contribution is -2.32. The molecule has 1 aliphatic heterocycles. The van der Waals surface area contributed by atoms with E-state index in [0.717, 1.165) is 11.1 Å². The zero-order valence-corrected chi connectivity index (χ0v) is 15.1. The number of carbonyl (C=O) groups excluding carboxylic acids is 1. The maximum absolute atomic E-state index is 13.0. The van der Waals surface area contributed by atoms with E-state index >= 15 is 0 Å². The molecule has 4 rings (SSSR count). The second kappa shape index (κ2) is 7.14. The van der Waals surface area contributed by atoms with Crippen molar-refractivity contribution in [2.45, 2.75) is 12.7 Å². The molecule has 0 saturated carbocycles. The van der Waals surface area contributed by atoms with Crippen molar-refractivity contribution in [3.8, 4) is 6.07 Å². The van der Waals surface area contributed by atoms with Crippen molar-refractivity contribution < 1.29 is 4.79 Å². The van der Waals surface area contributed by atoms with Crippen LogP contribution < -0.4 is 5.32 Å². The van der Waals surface area contributed by atoms with Gasteiger partial charge < -0.3 is 10.2 Å². The van der Waals surface area contributed by atoms with Crippen molar-refractivity contribution in [1.29, 1.82) is 5.26 Å². The van der Waals surface area contributed by atoms with E-state index in [-0.39, 0.29) is 12.1 Å². The number of anilines is 1. The van der Waals surface area contributed by atoms with Gasteiger partial charge in [-0.1, -0.05) is 60.1 Å². The largest absolute Gasteiger partial charge is 0.360 e. The summed E-state index contributed by atoms with van der Waals surface area (Å²) < 4.78 is 0. The Morgan fingerprint density at radius 3 is 2.52 bits per heavy atom. The fourth-order valence-corrected chi connectivity index (χ4v) is 3.55. The van der Waals surface area contributed by atoms with Crippen LogP contribution in [0.25, 0.3) is 0 Å². The van der Waals surface area contributed by atoms with E-state index in [0.29, 0.717) is 28.4 Å². The predicted octanol–water partition coefficient (Wildman–Crippen LogP) is 4.98. The molecule has 3 aromatic carbocycles. The Hall–Kier alpha value is -3.29. The van der Waals surface area contributed by atoms with Crippen molar-refractivity contribution in [3.05, 3.63) is 100 Å². The molecular formula is C22H16ClN3O. The van der Waals surface area contributed by atoms with E-state index in [9.17, 15) is 10.1 Å². The summed E-state index contributed by atoms with van der Waals surface area (Å²) >= 11 is 6.32. The van der Waals surface area contributed by atoms with Gasteiger partial charge in [0.2, 0.25) is 0 Å². The first-order chi connectivity index (χ1) is 13.2. The van der Waals surface area contributed by atoms with Crippen LogP contribution in [0.3, 0.4) is 0 Å². The molecule has 1 amide bonds. The van der Waals surface area contributed by atoms with Gasteiger partial charge in [-0.05, 0) is 29.8 Å². The van der Waals surface area contributed by atoms with Crippen molar-refractivity contribution in [1.82, 2.24) is 4.90 Å². The van der Waals surface area contributed by atoms with Crippen LogP contribution in [-0.4, -0.2) is 10.8 Å². The Labute approximate surface area is 162 Å².